The van der Waals surface area contributed by atoms with Crippen LogP contribution in [0.15, 0.2) is 90.0 Å². The smallest absolute Gasteiger partial charge is 0.319 e. The number of hydrogen-bond donors (Lipinski definition) is 4. The number of aliphatic hydroxyl groups is 1. The Morgan fingerprint density at radius 3 is 2.40 bits per heavy atom. The summed E-state index contributed by atoms with van der Waals surface area (Å²) in [4.78, 5) is 52.9. The van der Waals surface area contributed by atoms with E-state index in [1.54, 1.807) is 10.9 Å². The molecule has 2 aliphatic heterocycles. The lowest BCUT2D eigenvalue weighted by atomic mass is 9.87. The van der Waals surface area contributed by atoms with Crippen molar-refractivity contribution in [2.45, 2.75) is 155 Å². The highest BCUT2D eigenvalue weighted by Crippen LogP contribution is 2.57. The maximum Gasteiger partial charge on any atom is 0.319 e. The third-order valence-electron chi connectivity index (χ3n) is 16.7. The molecule has 4 fully saturated rings. The van der Waals surface area contributed by atoms with E-state index in [0.29, 0.717) is 78.9 Å². The van der Waals surface area contributed by atoms with E-state index in [1.807, 2.05) is 48.2 Å². The highest BCUT2D eigenvalue weighted by atomic mass is 19.1. The molecule has 0 spiro atoms. The van der Waals surface area contributed by atoms with Gasteiger partial charge in [0, 0.05) is 97.6 Å². The van der Waals surface area contributed by atoms with Crippen LogP contribution in [0.4, 0.5) is 10.2 Å². The number of piperazine rings is 1. The fourth-order valence-electron chi connectivity index (χ4n) is 12.6. The van der Waals surface area contributed by atoms with Gasteiger partial charge in [-0.1, -0.05) is 76.2 Å². The molecule has 6 heterocycles. The Morgan fingerprint density at radius 1 is 0.889 bits per heavy atom. The summed E-state index contributed by atoms with van der Waals surface area (Å²) in [6.45, 7) is 9.81. The molecule has 0 amide bonds. The fourth-order valence-corrected chi connectivity index (χ4v) is 12.6. The highest BCUT2D eigenvalue weighted by Gasteiger charge is 2.43. The first-order valence-electron chi connectivity index (χ1n) is 29.0. The lowest BCUT2D eigenvalue weighted by molar-refractivity contribution is -0.109. The van der Waals surface area contributed by atoms with E-state index in [0.717, 1.165) is 164 Å². The summed E-state index contributed by atoms with van der Waals surface area (Å²) in [5.41, 5.74) is 14.3. The number of aromatic nitrogens is 7. The summed E-state index contributed by atoms with van der Waals surface area (Å²) in [6.07, 6.45) is 17.6. The van der Waals surface area contributed by atoms with Crippen molar-refractivity contribution in [3.63, 3.8) is 0 Å². The van der Waals surface area contributed by atoms with Crippen molar-refractivity contribution in [3.8, 4) is 28.4 Å². The Morgan fingerprint density at radius 2 is 1.69 bits per heavy atom. The number of rotatable bonds is 19. The maximum absolute atomic E-state index is 16.6. The van der Waals surface area contributed by atoms with E-state index in [4.69, 9.17) is 24.9 Å². The normalized spacial score (nSPS) is 18.1. The second kappa shape index (κ2) is 25.2. The molecular formula is C64H78FN11O5. The van der Waals surface area contributed by atoms with E-state index in [1.165, 1.54) is 12.0 Å². The molecule has 16 nitrogen and oxygen atoms in total. The van der Waals surface area contributed by atoms with Crippen LogP contribution in [0.5, 0.6) is 6.01 Å². The maximum atomic E-state index is 16.6. The van der Waals surface area contributed by atoms with Gasteiger partial charge in [-0.2, -0.15) is 19.9 Å². The zero-order chi connectivity index (χ0) is 55.4. The Labute approximate surface area is 473 Å². The monoisotopic (exact) mass is 1100 g/mol. The standard InChI is InChI=1S/C57H60FN11O3.C5H10O.CH4O.CH4/c1-2-67-49(22-23-60-67)37-17-14-34(15-18-37)30-61-68(24-7-4-8-25-70)69-33-46-41-21-16-35(27-48(41)62-56(71)54(46)65-69)26-44-42-12-9-13-47(58)50(42)51-43(36-19-20-36)29-45-53(52(44)51)63-57(72-40-10-5-3-6-11-40)64-55(45)66-32-38-28-39(66)31-59-38;1-5(2)3-4-6;1-2;/h9,12-18,21-23,25,27,29,33,36,38-40,44,59,61H,2-8,10-11,19-20,24,26,28,30-32H2,1H3,(H,62,71);4-5H,3H2,1-2H3;2H,1H3;1H4. The number of nitrogens with one attached hydrogen (secondary N) is 3. The Hall–Kier alpha value is -7.34. The molecule has 4 aromatic heterocycles. The number of fused-ring (bicyclic) bond motifs is 10. The molecule has 13 rings (SSSR count). The number of ether oxygens (including phenoxy) is 1. The fraction of sp³-hybridized carbons (Fsp3) is 0.453. The molecule has 81 heavy (non-hydrogen) atoms. The second-order valence-electron chi connectivity index (χ2n) is 22.5. The molecule has 426 valence electrons. The van der Waals surface area contributed by atoms with Crippen molar-refractivity contribution in [1.29, 1.82) is 0 Å². The molecule has 17 heteroatoms. The number of aliphatic hydroxyl groups excluding tert-OH is 1. The Balaban J connectivity index is 0.000000770. The molecule has 2 saturated heterocycles. The lowest BCUT2D eigenvalue weighted by Gasteiger charge is -2.31. The number of carbonyl (C=O) groups is 2. The van der Waals surface area contributed by atoms with Gasteiger partial charge in [0.2, 0.25) is 0 Å². The summed E-state index contributed by atoms with van der Waals surface area (Å²) < 4.78 is 25.3. The van der Waals surface area contributed by atoms with Gasteiger partial charge < -0.3 is 34.6 Å². The number of unbranched alkanes of at least 4 members (excludes halogenated alkanes) is 2. The number of hydrogen-bond acceptors (Lipinski definition) is 13. The average molecular weight is 1100 g/mol. The van der Waals surface area contributed by atoms with E-state index in [-0.39, 0.29) is 30.8 Å². The molecular weight excluding hydrogens is 1020 g/mol. The molecule has 5 aliphatic rings. The molecule has 4 N–H and O–H groups in total. The van der Waals surface area contributed by atoms with Gasteiger partial charge >= 0.3 is 6.01 Å². The first kappa shape index (κ1) is 56.9. The zero-order valence-corrected chi connectivity index (χ0v) is 46.5. The van der Waals surface area contributed by atoms with E-state index >= 15 is 4.39 Å². The van der Waals surface area contributed by atoms with Gasteiger partial charge in [0.25, 0.3) is 5.56 Å². The van der Waals surface area contributed by atoms with Crippen LogP contribution in [0.1, 0.15) is 145 Å². The number of hydrazine groups is 1. The van der Waals surface area contributed by atoms with Crippen LogP contribution in [0.3, 0.4) is 0 Å². The lowest BCUT2D eigenvalue weighted by Crippen LogP contribution is -2.47. The van der Waals surface area contributed by atoms with Crippen LogP contribution in [-0.4, -0.2) is 97.2 Å². The van der Waals surface area contributed by atoms with Gasteiger partial charge in [0.1, 0.15) is 30.3 Å². The molecule has 0 radical (unpaired) electrons. The topological polar surface area (TPSA) is 188 Å². The summed E-state index contributed by atoms with van der Waals surface area (Å²) in [5, 5.41) is 24.5. The number of anilines is 1. The molecule has 3 atom stereocenters. The third kappa shape index (κ3) is 11.8. The first-order valence-corrected chi connectivity index (χ1v) is 29.0. The summed E-state index contributed by atoms with van der Waals surface area (Å²) in [6, 6.07) is 25.8. The summed E-state index contributed by atoms with van der Waals surface area (Å²) >= 11 is 0. The summed E-state index contributed by atoms with van der Waals surface area (Å²) in [7, 11) is 1.00. The quantitative estimate of drug-likeness (QED) is 0.0340. The van der Waals surface area contributed by atoms with E-state index < -0.39 is 0 Å². The van der Waals surface area contributed by atoms with E-state index in [9.17, 15) is 14.4 Å². The summed E-state index contributed by atoms with van der Waals surface area (Å²) in [5.74, 6) is 1.40. The molecule has 8 aromatic rings. The number of halogens is 1. The number of aldehydes is 2. The van der Waals surface area contributed by atoms with Gasteiger partial charge in [0.05, 0.1) is 24.0 Å². The van der Waals surface area contributed by atoms with Gasteiger partial charge in [-0.05, 0) is 146 Å². The minimum absolute atomic E-state index is 0. The van der Waals surface area contributed by atoms with Gasteiger partial charge in [-0.3, -0.25) is 9.48 Å². The first-order chi connectivity index (χ1) is 39.2. The van der Waals surface area contributed by atoms with Gasteiger partial charge in [-0.25, -0.2) is 14.9 Å². The van der Waals surface area contributed by atoms with Crippen molar-refractivity contribution in [3.05, 3.63) is 129 Å². The predicted molar refractivity (Wildman–Crippen MR) is 319 cm³/mol. The number of nitrogens with zero attached hydrogens (tertiary/aromatic N) is 8. The predicted octanol–water partition coefficient (Wildman–Crippen LogP) is 10.8. The minimum atomic E-state index is -0.282. The molecule has 3 aliphatic carbocycles. The number of aromatic amines is 1. The average Bonchev–Trinajstić information content (AvgIpc) is 4.04. The van der Waals surface area contributed by atoms with Gasteiger partial charge in [0.15, 0.2) is 5.52 Å². The molecule has 3 unspecified atom stereocenters. The Bertz CT molecular complexity index is 3570. The minimum Gasteiger partial charge on any atom is -0.460 e. The number of carbonyl (C=O) groups excluding carboxylic acids is 2. The second-order valence-corrected chi connectivity index (χ2v) is 22.5. The number of H-pyrrole nitrogens is 1. The van der Waals surface area contributed by atoms with Crippen molar-refractivity contribution in [2.24, 2.45) is 5.92 Å². The van der Waals surface area contributed by atoms with Crippen molar-refractivity contribution in [1.82, 2.24) is 45.4 Å². The number of aryl methyl sites for hydroxylation is 1. The number of benzene rings is 4. The highest BCUT2D eigenvalue weighted by molar-refractivity contribution is 6.04. The SMILES string of the molecule is C.CC(C)CC=O.CCn1nccc1-c1ccc(CNN(CCCCC=O)n2cc3c(n2)c(=O)[nH]c2cc(CC4c5cccc(F)c5-c5c(C6CC6)cc6c(N7CC8CC7CN8)nc(OC7CCCCC7)nc6c54)ccc23)cc1.CO. The molecule has 4 aromatic carbocycles. The van der Waals surface area contributed by atoms with Crippen LogP contribution in [0.25, 0.3) is 55.1 Å². The van der Waals surface area contributed by atoms with Crippen LogP contribution in [0.2, 0.25) is 0 Å². The molecule has 2 bridgehead atoms. The number of pyridine rings is 1. The van der Waals surface area contributed by atoms with Crippen LogP contribution in [-0.2, 0) is 29.1 Å². The molecule has 2 saturated carbocycles. The van der Waals surface area contributed by atoms with Gasteiger partial charge in [-0.15, -0.1) is 5.10 Å². The van der Waals surface area contributed by atoms with Crippen LogP contribution in [0, 0.1) is 11.7 Å². The van der Waals surface area contributed by atoms with Crippen LogP contribution >= 0.6 is 0 Å². The van der Waals surface area contributed by atoms with Crippen molar-refractivity contribution in [2.75, 3.05) is 36.8 Å². The third-order valence-corrected chi connectivity index (χ3v) is 16.7. The largest absolute Gasteiger partial charge is 0.460 e. The van der Waals surface area contributed by atoms with Crippen LogP contribution < -0.4 is 31.1 Å². The zero-order valence-electron chi connectivity index (χ0n) is 46.5. The van der Waals surface area contributed by atoms with Crippen molar-refractivity contribution < 1.29 is 23.8 Å². The Kier molecular flexibility index (Phi) is 17.7. The van der Waals surface area contributed by atoms with E-state index in [2.05, 4.69) is 87.2 Å². The van der Waals surface area contributed by atoms with Crippen molar-refractivity contribution >= 4 is 51.1 Å².